The van der Waals surface area contributed by atoms with E-state index in [1.54, 1.807) is 18.2 Å². The Hall–Kier alpha value is -1.75. The van der Waals surface area contributed by atoms with E-state index >= 15 is 0 Å². The molecule has 0 spiro atoms. The van der Waals surface area contributed by atoms with Gasteiger partial charge in [0.15, 0.2) is 0 Å². The molecule has 5 nitrogen and oxygen atoms in total. The standard InChI is InChI=1S/C16H22ClN3O2/c1-10(2)7-8-18-16(22)20-12-5-6-14(17)13(9-12)15(21)19-11-3-4-11/h5-6,9-11H,3-4,7-8H2,1-2H3,(H,19,21)(H2,18,20,22). The van der Waals surface area contributed by atoms with Gasteiger partial charge in [-0.2, -0.15) is 0 Å². The van der Waals surface area contributed by atoms with Crippen molar-refractivity contribution >= 4 is 29.2 Å². The number of benzene rings is 1. The molecule has 0 aliphatic heterocycles. The Morgan fingerprint density at radius 1 is 1.32 bits per heavy atom. The molecule has 22 heavy (non-hydrogen) atoms. The van der Waals surface area contributed by atoms with Crippen LogP contribution in [-0.4, -0.2) is 24.5 Å². The minimum atomic E-state index is -0.281. The van der Waals surface area contributed by atoms with Crippen LogP contribution in [0.3, 0.4) is 0 Å². The second-order valence-corrected chi connectivity index (χ2v) is 6.41. The number of amides is 3. The van der Waals surface area contributed by atoms with Crippen molar-refractivity contribution in [2.24, 2.45) is 5.92 Å². The van der Waals surface area contributed by atoms with E-state index < -0.39 is 0 Å². The Bertz CT molecular complexity index is 556. The van der Waals surface area contributed by atoms with Crippen molar-refractivity contribution < 1.29 is 9.59 Å². The van der Waals surface area contributed by atoms with Gasteiger partial charge in [0.1, 0.15) is 0 Å². The van der Waals surface area contributed by atoms with Crippen molar-refractivity contribution in [3.8, 4) is 0 Å². The van der Waals surface area contributed by atoms with Crippen LogP contribution < -0.4 is 16.0 Å². The predicted octanol–water partition coefficient (Wildman–Crippen LogP) is 3.40. The predicted molar refractivity (Wildman–Crippen MR) is 88.4 cm³/mol. The highest BCUT2D eigenvalue weighted by molar-refractivity contribution is 6.34. The summed E-state index contributed by atoms with van der Waals surface area (Å²) in [5.41, 5.74) is 0.931. The van der Waals surface area contributed by atoms with Gasteiger partial charge in [-0.1, -0.05) is 25.4 Å². The van der Waals surface area contributed by atoms with Gasteiger partial charge < -0.3 is 16.0 Å². The van der Waals surface area contributed by atoms with Gasteiger partial charge >= 0.3 is 6.03 Å². The second-order valence-electron chi connectivity index (χ2n) is 6.01. The van der Waals surface area contributed by atoms with Gasteiger partial charge in [0.05, 0.1) is 10.6 Å². The van der Waals surface area contributed by atoms with Crippen LogP contribution >= 0.6 is 11.6 Å². The third kappa shape index (κ3) is 5.22. The van der Waals surface area contributed by atoms with E-state index in [9.17, 15) is 9.59 Å². The molecule has 2 rings (SSSR count). The maximum Gasteiger partial charge on any atom is 0.319 e. The van der Waals surface area contributed by atoms with Crippen LogP contribution in [0.1, 0.15) is 43.5 Å². The van der Waals surface area contributed by atoms with Gasteiger partial charge in [-0.3, -0.25) is 4.79 Å². The summed E-state index contributed by atoms with van der Waals surface area (Å²) in [7, 11) is 0. The van der Waals surface area contributed by atoms with Crippen molar-refractivity contribution in [3.05, 3.63) is 28.8 Å². The van der Waals surface area contributed by atoms with E-state index in [1.807, 2.05) is 0 Å². The lowest BCUT2D eigenvalue weighted by molar-refractivity contribution is 0.0951. The first-order chi connectivity index (χ1) is 10.5. The number of nitrogens with one attached hydrogen (secondary N) is 3. The number of hydrogen-bond donors (Lipinski definition) is 3. The smallest absolute Gasteiger partial charge is 0.319 e. The van der Waals surface area contributed by atoms with E-state index in [2.05, 4.69) is 29.8 Å². The summed E-state index contributed by atoms with van der Waals surface area (Å²) in [5.74, 6) is 0.338. The Morgan fingerprint density at radius 3 is 2.68 bits per heavy atom. The molecule has 6 heteroatoms. The zero-order valence-electron chi connectivity index (χ0n) is 12.9. The van der Waals surface area contributed by atoms with Crippen LogP contribution in [-0.2, 0) is 0 Å². The molecule has 0 heterocycles. The summed E-state index contributed by atoms with van der Waals surface area (Å²) in [6.07, 6.45) is 2.95. The maximum atomic E-state index is 12.1. The zero-order chi connectivity index (χ0) is 16.1. The first-order valence-electron chi connectivity index (χ1n) is 7.61. The minimum Gasteiger partial charge on any atom is -0.349 e. The van der Waals surface area contributed by atoms with Crippen LogP contribution in [0.25, 0.3) is 0 Å². The molecule has 3 N–H and O–H groups in total. The SMILES string of the molecule is CC(C)CCNC(=O)Nc1ccc(Cl)c(C(=O)NC2CC2)c1. The Kier molecular flexibility index (Phi) is 5.66. The third-order valence-corrected chi connectivity index (χ3v) is 3.72. The van der Waals surface area contributed by atoms with E-state index in [0.717, 1.165) is 19.3 Å². The quantitative estimate of drug-likeness (QED) is 0.751. The van der Waals surface area contributed by atoms with Crippen molar-refractivity contribution in [1.29, 1.82) is 0 Å². The Balaban J connectivity index is 1.93. The van der Waals surface area contributed by atoms with E-state index in [-0.39, 0.29) is 18.0 Å². The monoisotopic (exact) mass is 323 g/mol. The Labute approximate surface area is 135 Å². The fourth-order valence-corrected chi connectivity index (χ4v) is 2.12. The molecule has 1 aliphatic carbocycles. The molecule has 3 amide bonds. The molecular weight excluding hydrogens is 302 g/mol. The molecule has 0 radical (unpaired) electrons. The van der Waals surface area contributed by atoms with Crippen molar-refractivity contribution in [1.82, 2.24) is 10.6 Å². The van der Waals surface area contributed by atoms with E-state index in [1.165, 1.54) is 0 Å². The Morgan fingerprint density at radius 2 is 2.05 bits per heavy atom. The minimum absolute atomic E-state index is 0.198. The van der Waals surface area contributed by atoms with Gasteiger partial charge in [0.2, 0.25) is 0 Å². The van der Waals surface area contributed by atoms with E-state index in [0.29, 0.717) is 28.7 Å². The molecule has 1 aromatic carbocycles. The van der Waals surface area contributed by atoms with Crippen LogP contribution in [0, 0.1) is 5.92 Å². The third-order valence-electron chi connectivity index (χ3n) is 3.39. The molecule has 0 aromatic heterocycles. The number of carbonyl (C=O) groups is 2. The highest BCUT2D eigenvalue weighted by atomic mass is 35.5. The number of urea groups is 1. The average Bonchev–Trinajstić information content (AvgIpc) is 3.24. The lowest BCUT2D eigenvalue weighted by atomic mass is 10.1. The molecule has 1 saturated carbocycles. The van der Waals surface area contributed by atoms with Crippen molar-refractivity contribution in [3.63, 3.8) is 0 Å². The fourth-order valence-electron chi connectivity index (χ4n) is 1.92. The summed E-state index contributed by atoms with van der Waals surface area (Å²) < 4.78 is 0. The summed E-state index contributed by atoms with van der Waals surface area (Å²) in [6.45, 7) is 4.82. The zero-order valence-corrected chi connectivity index (χ0v) is 13.7. The fraction of sp³-hybridized carbons (Fsp3) is 0.500. The molecule has 0 saturated heterocycles. The van der Waals surface area contributed by atoms with Gasteiger partial charge in [0.25, 0.3) is 5.91 Å². The van der Waals surface area contributed by atoms with E-state index in [4.69, 9.17) is 11.6 Å². The topological polar surface area (TPSA) is 70.2 Å². The lowest BCUT2D eigenvalue weighted by Gasteiger charge is -2.11. The lowest BCUT2D eigenvalue weighted by Crippen LogP contribution is -2.30. The van der Waals surface area contributed by atoms with Crippen molar-refractivity contribution in [2.75, 3.05) is 11.9 Å². The summed E-state index contributed by atoms with van der Waals surface area (Å²) >= 11 is 6.06. The maximum absolute atomic E-state index is 12.1. The molecule has 1 aliphatic rings. The average molecular weight is 324 g/mol. The first kappa shape index (κ1) is 16.6. The molecule has 0 unspecified atom stereocenters. The number of rotatable bonds is 6. The van der Waals surface area contributed by atoms with Crippen LogP contribution in [0.4, 0.5) is 10.5 Å². The van der Waals surface area contributed by atoms with Gasteiger partial charge in [-0.05, 0) is 43.4 Å². The van der Waals surface area contributed by atoms with Gasteiger partial charge in [0, 0.05) is 18.3 Å². The highest BCUT2D eigenvalue weighted by Crippen LogP contribution is 2.23. The van der Waals surface area contributed by atoms with Gasteiger partial charge in [-0.15, -0.1) is 0 Å². The largest absolute Gasteiger partial charge is 0.349 e. The summed E-state index contributed by atoms with van der Waals surface area (Å²) in [4.78, 5) is 23.9. The summed E-state index contributed by atoms with van der Waals surface area (Å²) in [6, 6.07) is 4.88. The second kappa shape index (κ2) is 7.49. The summed E-state index contributed by atoms with van der Waals surface area (Å²) in [5, 5.41) is 8.77. The normalized spacial score (nSPS) is 13.8. The van der Waals surface area contributed by atoms with Crippen molar-refractivity contribution in [2.45, 2.75) is 39.2 Å². The first-order valence-corrected chi connectivity index (χ1v) is 7.98. The molecule has 0 atom stereocenters. The molecule has 0 bridgehead atoms. The number of anilines is 1. The highest BCUT2D eigenvalue weighted by Gasteiger charge is 2.24. The molecule has 1 fully saturated rings. The van der Waals surface area contributed by atoms with Crippen LogP contribution in [0.2, 0.25) is 5.02 Å². The van der Waals surface area contributed by atoms with Crippen LogP contribution in [0.5, 0.6) is 0 Å². The number of carbonyl (C=O) groups excluding carboxylic acids is 2. The molecular formula is C16H22ClN3O2. The van der Waals surface area contributed by atoms with Crippen LogP contribution in [0.15, 0.2) is 18.2 Å². The van der Waals surface area contributed by atoms with Gasteiger partial charge in [-0.25, -0.2) is 4.79 Å². The molecule has 1 aromatic rings. The number of hydrogen-bond acceptors (Lipinski definition) is 2. The number of halogens is 1. The molecule has 120 valence electrons.